The van der Waals surface area contributed by atoms with Crippen molar-refractivity contribution in [2.24, 2.45) is 5.92 Å². The fourth-order valence-corrected chi connectivity index (χ4v) is 2.82. The largest absolute Gasteiger partial charge is 0.481 e. The second-order valence-corrected chi connectivity index (χ2v) is 12.1. The molecule has 0 unspecified atom stereocenters. The van der Waals surface area contributed by atoms with E-state index in [0.717, 1.165) is 18.9 Å². The van der Waals surface area contributed by atoms with Crippen LogP contribution in [0, 0.1) is 5.92 Å². The third-order valence-corrected chi connectivity index (χ3v) is 5.12. The quantitative estimate of drug-likeness (QED) is 0.789. The van der Waals surface area contributed by atoms with E-state index in [0.29, 0.717) is 19.7 Å². The average molecular weight is 287 g/mol. The Morgan fingerprint density at radius 1 is 1.26 bits per heavy atom. The third kappa shape index (κ3) is 6.61. The molecule has 1 aliphatic heterocycles. The van der Waals surface area contributed by atoms with Gasteiger partial charge >= 0.3 is 12.1 Å². The van der Waals surface area contributed by atoms with Crippen LogP contribution in [-0.4, -0.2) is 49.8 Å². The van der Waals surface area contributed by atoms with E-state index < -0.39 is 14.0 Å². The van der Waals surface area contributed by atoms with E-state index in [1.807, 2.05) is 0 Å². The number of ether oxygens (including phenoxy) is 1. The summed E-state index contributed by atoms with van der Waals surface area (Å²) in [5.74, 6) is -0.556. The van der Waals surface area contributed by atoms with E-state index in [1.54, 1.807) is 4.90 Å². The Bertz CT molecular complexity index is 319. The number of hydrogen-bond acceptors (Lipinski definition) is 3. The smallest absolute Gasteiger partial charge is 0.409 e. The van der Waals surface area contributed by atoms with Crippen molar-refractivity contribution in [3.05, 3.63) is 0 Å². The van der Waals surface area contributed by atoms with E-state index in [2.05, 4.69) is 19.6 Å². The van der Waals surface area contributed by atoms with Gasteiger partial charge in [0.15, 0.2) is 0 Å². The topological polar surface area (TPSA) is 66.8 Å². The number of carbonyl (C=O) groups excluding carboxylic acids is 1. The van der Waals surface area contributed by atoms with Gasteiger partial charge in [-0.2, -0.15) is 0 Å². The lowest BCUT2D eigenvalue weighted by molar-refractivity contribution is -0.138. The van der Waals surface area contributed by atoms with Gasteiger partial charge in [-0.25, -0.2) is 4.79 Å². The van der Waals surface area contributed by atoms with Crippen LogP contribution in [0.1, 0.15) is 19.3 Å². The molecule has 6 heteroatoms. The summed E-state index contributed by atoms with van der Waals surface area (Å²) in [6, 6.07) is 0.980. The number of carboxylic acid groups (broad SMARTS) is 1. The normalized spacial score (nSPS) is 17.3. The van der Waals surface area contributed by atoms with Crippen LogP contribution in [0.4, 0.5) is 4.79 Å². The molecule has 0 aromatic carbocycles. The molecule has 5 nitrogen and oxygen atoms in total. The van der Waals surface area contributed by atoms with E-state index in [-0.39, 0.29) is 18.4 Å². The summed E-state index contributed by atoms with van der Waals surface area (Å²) in [6.45, 7) is 8.48. The first-order valence-corrected chi connectivity index (χ1v) is 10.6. The summed E-state index contributed by atoms with van der Waals surface area (Å²) in [4.78, 5) is 24.1. The predicted octanol–water partition coefficient (Wildman–Crippen LogP) is 2.65. The average Bonchev–Trinajstić information content (AvgIpc) is 2.27. The van der Waals surface area contributed by atoms with E-state index >= 15 is 0 Å². The molecule has 110 valence electrons. The van der Waals surface area contributed by atoms with Crippen molar-refractivity contribution in [2.45, 2.75) is 44.9 Å². The molecule has 1 N–H and O–H groups in total. The molecule has 1 saturated heterocycles. The highest BCUT2D eigenvalue weighted by Crippen LogP contribution is 2.21. The maximum Gasteiger partial charge on any atom is 0.409 e. The number of piperidine rings is 1. The third-order valence-electron chi connectivity index (χ3n) is 3.41. The molecule has 1 rings (SSSR count). The number of carbonyl (C=O) groups is 2. The fraction of sp³-hybridized carbons (Fsp3) is 0.846. The fourth-order valence-electron chi connectivity index (χ4n) is 2.10. The molecular formula is C13H25NO4Si. The molecule has 0 bridgehead atoms. The zero-order chi connectivity index (χ0) is 14.5. The predicted molar refractivity (Wildman–Crippen MR) is 76.1 cm³/mol. The lowest BCUT2D eigenvalue weighted by Gasteiger charge is -2.30. The van der Waals surface area contributed by atoms with Crippen molar-refractivity contribution in [3.8, 4) is 0 Å². The van der Waals surface area contributed by atoms with Crippen molar-refractivity contribution in [1.82, 2.24) is 4.90 Å². The minimum Gasteiger partial charge on any atom is -0.481 e. The second kappa shape index (κ2) is 6.93. The maximum absolute atomic E-state index is 11.8. The Morgan fingerprint density at radius 2 is 1.84 bits per heavy atom. The van der Waals surface area contributed by atoms with E-state index in [4.69, 9.17) is 9.84 Å². The molecule has 0 aliphatic carbocycles. The molecular weight excluding hydrogens is 262 g/mol. The SMILES string of the molecule is C[Si](C)(C)CCOC(=O)N1CCC(CC(=O)O)CC1. The van der Waals surface area contributed by atoms with Crippen molar-refractivity contribution in [1.29, 1.82) is 0 Å². The molecule has 0 atom stereocenters. The highest BCUT2D eigenvalue weighted by molar-refractivity contribution is 6.76. The molecule has 1 heterocycles. The number of likely N-dealkylation sites (tertiary alicyclic amines) is 1. The van der Waals surface area contributed by atoms with Gasteiger partial charge in [-0.15, -0.1) is 0 Å². The monoisotopic (exact) mass is 287 g/mol. The molecule has 1 amide bonds. The Labute approximate surface area is 115 Å². The first kappa shape index (κ1) is 16.0. The van der Waals surface area contributed by atoms with Crippen LogP contribution < -0.4 is 0 Å². The van der Waals surface area contributed by atoms with Crippen LogP contribution in [0.5, 0.6) is 0 Å². The lowest BCUT2D eigenvalue weighted by atomic mass is 9.94. The Balaban J connectivity index is 2.23. The van der Waals surface area contributed by atoms with Crippen LogP contribution >= 0.6 is 0 Å². The number of hydrogen-bond donors (Lipinski definition) is 1. The molecule has 0 aromatic heterocycles. The number of amides is 1. The summed E-state index contributed by atoms with van der Waals surface area (Å²) in [6.07, 6.45) is 1.48. The van der Waals surface area contributed by atoms with E-state index in [1.165, 1.54) is 0 Å². The minimum atomic E-state index is -1.16. The van der Waals surface area contributed by atoms with Crippen molar-refractivity contribution in [2.75, 3.05) is 19.7 Å². The zero-order valence-electron chi connectivity index (χ0n) is 12.1. The number of nitrogens with zero attached hydrogens (tertiary/aromatic N) is 1. The number of rotatable bonds is 5. The summed E-state index contributed by atoms with van der Waals surface area (Å²) in [5, 5.41) is 8.73. The van der Waals surface area contributed by atoms with Gasteiger partial charge in [0.2, 0.25) is 0 Å². The maximum atomic E-state index is 11.8. The molecule has 1 aliphatic rings. The van der Waals surface area contributed by atoms with E-state index in [9.17, 15) is 9.59 Å². The standard InChI is InChI=1S/C13H25NO4Si/c1-19(2,3)9-8-18-13(17)14-6-4-11(5-7-14)10-12(15)16/h11H,4-10H2,1-3H3,(H,15,16). The molecule has 0 saturated carbocycles. The van der Waals surface area contributed by atoms with Crippen LogP contribution in [0.15, 0.2) is 0 Å². The molecule has 0 spiro atoms. The molecule has 1 fully saturated rings. The Morgan fingerprint density at radius 3 is 2.32 bits per heavy atom. The van der Waals surface area contributed by atoms with Crippen molar-refractivity contribution >= 4 is 20.1 Å². The Hall–Kier alpha value is -1.04. The van der Waals surface area contributed by atoms with Crippen LogP contribution in [0.3, 0.4) is 0 Å². The minimum absolute atomic E-state index is 0.198. The molecule has 0 radical (unpaired) electrons. The summed E-state index contributed by atoms with van der Waals surface area (Å²) in [7, 11) is -1.16. The van der Waals surface area contributed by atoms with Gasteiger partial charge in [0.25, 0.3) is 0 Å². The van der Waals surface area contributed by atoms with Crippen LogP contribution in [-0.2, 0) is 9.53 Å². The van der Waals surface area contributed by atoms with Crippen LogP contribution in [0.25, 0.3) is 0 Å². The number of carboxylic acids is 1. The highest BCUT2D eigenvalue weighted by atomic mass is 28.3. The van der Waals surface area contributed by atoms with Crippen molar-refractivity contribution in [3.63, 3.8) is 0 Å². The van der Waals surface area contributed by atoms with Gasteiger partial charge in [-0.1, -0.05) is 19.6 Å². The van der Waals surface area contributed by atoms with Gasteiger partial charge in [0.1, 0.15) is 0 Å². The van der Waals surface area contributed by atoms with Gasteiger partial charge < -0.3 is 14.7 Å². The summed E-state index contributed by atoms with van der Waals surface area (Å²) < 4.78 is 5.28. The highest BCUT2D eigenvalue weighted by Gasteiger charge is 2.25. The van der Waals surface area contributed by atoms with Gasteiger partial charge in [-0.3, -0.25) is 4.79 Å². The lowest BCUT2D eigenvalue weighted by Crippen LogP contribution is -2.39. The summed E-state index contributed by atoms with van der Waals surface area (Å²) >= 11 is 0. The van der Waals surface area contributed by atoms with Gasteiger partial charge in [0, 0.05) is 27.6 Å². The van der Waals surface area contributed by atoms with Crippen molar-refractivity contribution < 1.29 is 19.4 Å². The van der Waals surface area contributed by atoms with Crippen LogP contribution in [0.2, 0.25) is 25.7 Å². The first-order chi connectivity index (χ1) is 8.78. The second-order valence-electron chi connectivity index (χ2n) is 6.45. The van der Waals surface area contributed by atoms with Gasteiger partial charge in [-0.05, 0) is 24.8 Å². The first-order valence-electron chi connectivity index (χ1n) is 6.91. The zero-order valence-corrected chi connectivity index (χ0v) is 13.1. The Kier molecular flexibility index (Phi) is 5.84. The molecule has 0 aromatic rings. The molecule has 19 heavy (non-hydrogen) atoms. The summed E-state index contributed by atoms with van der Waals surface area (Å²) in [5.41, 5.74) is 0. The van der Waals surface area contributed by atoms with Gasteiger partial charge in [0.05, 0.1) is 6.61 Å². The number of aliphatic carboxylic acids is 1.